The Labute approximate surface area is 167 Å². The molecule has 1 amide bonds. The Hall–Kier alpha value is -3.18. The number of rotatable bonds is 4. The van der Waals surface area contributed by atoms with Crippen molar-refractivity contribution in [2.75, 3.05) is 12.1 Å². The number of hydrogen-bond donors (Lipinski definition) is 1. The summed E-state index contributed by atoms with van der Waals surface area (Å²) in [6.07, 6.45) is -0.268. The number of ether oxygens (including phenoxy) is 2. The fourth-order valence-corrected chi connectivity index (χ4v) is 3.75. The van der Waals surface area contributed by atoms with Crippen LogP contribution >= 0.6 is 11.6 Å². The zero-order valence-electron chi connectivity index (χ0n) is 14.9. The van der Waals surface area contributed by atoms with Gasteiger partial charge in [0.25, 0.3) is 5.91 Å². The van der Waals surface area contributed by atoms with Crippen LogP contribution in [0.5, 0.6) is 11.5 Å². The average molecular weight is 393 g/mol. The Morgan fingerprint density at radius 3 is 2.64 bits per heavy atom. The fourth-order valence-electron chi connectivity index (χ4n) is 3.63. The molecule has 0 fully saturated rings. The monoisotopic (exact) mass is 392 g/mol. The summed E-state index contributed by atoms with van der Waals surface area (Å²) in [5.74, 6) is 1.44. The van der Waals surface area contributed by atoms with Crippen molar-refractivity contribution in [3.05, 3.63) is 88.4 Å². The summed E-state index contributed by atoms with van der Waals surface area (Å²) in [5, 5.41) is 4.14. The van der Waals surface area contributed by atoms with E-state index in [2.05, 4.69) is 5.32 Å². The number of fused-ring (bicyclic) bond motifs is 2. The standard InChI is InChI=1S/C22H17ClN2O3/c23-15-6-8-16(9-7-15)24-21-17-3-1-2-4-18(17)22(26)25(21)12-14-5-10-19-20(11-14)28-13-27-19/h1-11,21,24H,12-13H2/t21-/m1/s1. The van der Waals surface area contributed by atoms with Crippen molar-refractivity contribution in [3.8, 4) is 11.5 Å². The van der Waals surface area contributed by atoms with E-state index in [1.165, 1.54) is 0 Å². The molecule has 3 aromatic carbocycles. The van der Waals surface area contributed by atoms with Crippen LogP contribution in [-0.4, -0.2) is 17.6 Å². The Balaban J connectivity index is 1.47. The summed E-state index contributed by atoms with van der Waals surface area (Å²) >= 11 is 6.00. The van der Waals surface area contributed by atoms with Crippen LogP contribution in [0.3, 0.4) is 0 Å². The van der Waals surface area contributed by atoms with Gasteiger partial charge in [-0.25, -0.2) is 0 Å². The third-order valence-electron chi connectivity index (χ3n) is 5.00. The minimum absolute atomic E-state index is 0.000250. The molecule has 1 atom stereocenters. The van der Waals surface area contributed by atoms with Gasteiger partial charge in [-0.3, -0.25) is 4.79 Å². The van der Waals surface area contributed by atoms with E-state index < -0.39 is 0 Å². The summed E-state index contributed by atoms with van der Waals surface area (Å²) in [5.41, 5.74) is 3.56. The minimum atomic E-state index is -0.268. The second kappa shape index (κ2) is 6.77. The van der Waals surface area contributed by atoms with Gasteiger partial charge in [-0.15, -0.1) is 0 Å². The number of benzene rings is 3. The molecule has 5 rings (SSSR count). The molecule has 2 heterocycles. The van der Waals surface area contributed by atoms with E-state index in [9.17, 15) is 4.79 Å². The SMILES string of the molecule is O=C1c2ccccc2[C@H](Nc2ccc(Cl)cc2)N1Cc1ccc2c(c1)OCO2. The van der Waals surface area contributed by atoms with Gasteiger partial charge in [0.15, 0.2) is 11.5 Å². The van der Waals surface area contributed by atoms with Crippen LogP contribution in [0.2, 0.25) is 5.02 Å². The van der Waals surface area contributed by atoms with E-state index in [-0.39, 0.29) is 18.9 Å². The lowest BCUT2D eigenvalue weighted by atomic mass is 10.1. The van der Waals surface area contributed by atoms with Crippen molar-refractivity contribution in [2.24, 2.45) is 0 Å². The molecule has 0 aromatic heterocycles. The molecule has 6 heteroatoms. The van der Waals surface area contributed by atoms with Gasteiger partial charge in [0.1, 0.15) is 6.17 Å². The smallest absolute Gasteiger partial charge is 0.256 e. The van der Waals surface area contributed by atoms with Crippen molar-refractivity contribution >= 4 is 23.2 Å². The predicted octanol–water partition coefficient (Wildman–Crippen LogP) is 4.84. The Kier molecular flexibility index (Phi) is 4.10. The van der Waals surface area contributed by atoms with Crippen LogP contribution < -0.4 is 14.8 Å². The van der Waals surface area contributed by atoms with Gasteiger partial charge in [-0.2, -0.15) is 0 Å². The van der Waals surface area contributed by atoms with Crippen LogP contribution in [0.1, 0.15) is 27.7 Å². The Morgan fingerprint density at radius 2 is 1.79 bits per heavy atom. The second-order valence-corrected chi connectivity index (χ2v) is 7.20. The molecule has 140 valence electrons. The number of amides is 1. The number of halogens is 1. The Morgan fingerprint density at radius 1 is 1.00 bits per heavy atom. The lowest BCUT2D eigenvalue weighted by Crippen LogP contribution is -2.31. The van der Waals surface area contributed by atoms with Crippen LogP contribution in [-0.2, 0) is 6.54 Å². The van der Waals surface area contributed by atoms with E-state index in [0.717, 1.165) is 28.1 Å². The summed E-state index contributed by atoms with van der Waals surface area (Å²) in [7, 11) is 0. The molecule has 1 N–H and O–H groups in total. The number of hydrogen-bond acceptors (Lipinski definition) is 4. The molecule has 3 aromatic rings. The topological polar surface area (TPSA) is 50.8 Å². The average Bonchev–Trinajstić information content (AvgIpc) is 3.28. The highest BCUT2D eigenvalue weighted by Crippen LogP contribution is 2.37. The molecular weight excluding hydrogens is 376 g/mol. The van der Waals surface area contributed by atoms with Gasteiger partial charge in [-0.1, -0.05) is 35.9 Å². The van der Waals surface area contributed by atoms with Gasteiger partial charge in [-0.05, 0) is 48.0 Å². The first-order valence-electron chi connectivity index (χ1n) is 8.99. The van der Waals surface area contributed by atoms with Gasteiger partial charge in [0.05, 0.1) is 0 Å². The molecule has 0 saturated carbocycles. The summed E-state index contributed by atoms with van der Waals surface area (Å²) in [6, 6.07) is 20.9. The van der Waals surface area contributed by atoms with Gasteiger partial charge in [0.2, 0.25) is 6.79 Å². The van der Waals surface area contributed by atoms with Crippen LogP contribution in [0.4, 0.5) is 5.69 Å². The molecular formula is C22H17ClN2O3. The maximum Gasteiger partial charge on any atom is 0.256 e. The van der Waals surface area contributed by atoms with Crippen molar-refractivity contribution in [3.63, 3.8) is 0 Å². The van der Waals surface area contributed by atoms with Crippen LogP contribution in [0, 0.1) is 0 Å². The first kappa shape index (κ1) is 17.0. The number of anilines is 1. The third kappa shape index (κ3) is 2.94. The zero-order chi connectivity index (χ0) is 19.1. The molecule has 28 heavy (non-hydrogen) atoms. The van der Waals surface area contributed by atoms with E-state index >= 15 is 0 Å². The lowest BCUT2D eigenvalue weighted by molar-refractivity contribution is 0.0728. The minimum Gasteiger partial charge on any atom is -0.454 e. The van der Waals surface area contributed by atoms with Gasteiger partial charge in [0, 0.05) is 28.4 Å². The maximum atomic E-state index is 13.1. The van der Waals surface area contributed by atoms with E-state index in [1.807, 2.05) is 71.6 Å². The molecule has 5 nitrogen and oxygen atoms in total. The summed E-state index contributed by atoms with van der Waals surface area (Å²) in [4.78, 5) is 14.9. The quantitative estimate of drug-likeness (QED) is 0.690. The van der Waals surface area contributed by atoms with Crippen molar-refractivity contribution in [1.29, 1.82) is 0 Å². The summed E-state index contributed by atoms with van der Waals surface area (Å²) in [6.45, 7) is 0.684. The molecule has 0 spiro atoms. The molecule has 2 aliphatic heterocycles. The van der Waals surface area contributed by atoms with Crippen molar-refractivity contribution in [1.82, 2.24) is 4.90 Å². The van der Waals surface area contributed by atoms with Crippen molar-refractivity contribution in [2.45, 2.75) is 12.7 Å². The fraction of sp³-hybridized carbons (Fsp3) is 0.136. The van der Waals surface area contributed by atoms with E-state index in [0.29, 0.717) is 17.3 Å². The van der Waals surface area contributed by atoms with Gasteiger partial charge < -0.3 is 19.7 Å². The Bertz CT molecular complexity index is 1050. The molecule has 2 aliphatic rings. The predicted molar refractivity (Wildman–Crippen MR) is 107 cm³/mol. The highest BCUT2D eigenvalue weighted by molar-refractivity contribution is 6.30. The van der Waals surface area contributed by atoms with E-state index in [4.69, 9.17) is 21.1 Å². The first-order valence-corrected chi connectivity index (χ1v) is 9.37. The van der Waals surface area contributed by atoms with Crippen LogP contribution in [0.25, 0.3) is 0 Å². The molecule has 0 aliphatic carbocycles. The molecule has 0 bridgehead atoms. The van der Waals surface area contributed by atoms with Crippen molar-refractivity contribution < 1.29 is 14.3 Å². The molecule has 0 radical (unpaired) electrons. The summed E-state index contributed by atoms with van der Waals surface area (Å²) < 4.78 is 10.9. The lowest BCUT2D eigenvalue weighted by Gasteiger charge is -2.27. The van der Waals surface area contributed by atoms with Gasteiger partial charge >= 0.3 is 0 Å². The number of carbonyl (C=O) groups excluding carboxylic acids is 1. The molecule has 0 unspecified atom stereocenters. The maximum absolute atomic E-state index is 13.1. The second-order valence-electron chi connectivity index (χ2n) is 6.76. The first-order chi connectivity index (χ1) is 13.7. The number of carbonyl (C=O) groups is 1. The third-order valence-corrected chi connectivity index (χ3v) is 5.25. The zero-order valence-corrected chi connectivity index (χ0v) is 15.6. The highest BCUT2D eigenvalue weighted by atomic mass is 35.5. The molecule has 0 saturated heterocycles. The normalized spacial score (nSPS) is 17.0. The number of nitrogens with one attached hydrogen (secondary N) is 1. The van der Waals surface area contributed by atoms with Crippen LogP contribution in [0.15, 0.2) is 66.7 Å². The highest BCUT2D eigenvalue weighted by Gasteiger charge is 2.36. The van der Waals surface area contributed by atoms with E-state index in [1.54, 1.807) is 0 Å². The number of nitrogens with zero attached hydrogens (tertiary/aromatic N) is 1. The largest absolute Gasteiger partial charge is 0.454 e.